The number of nitrogens with zero attached hydrogens (tertiary/aromatic N) is 2. The van der Waals surface area contributed by atoms with Crippen molar-refractivity contribution in [2.75, 3.05) is 20.1 Å². The predicted molar refractivity (Wildman–Crippen MR) is 122 cm³/mol. The number of aryl methyl sites for hydroxylation is 1. The lowest BCUT2D eigenvalue weighted by Crippen LogP contribution is -2.54. The summed E-state index contributed by atoms with van der Waals surface area (Å²) in [5.41, 5.74) is 1.21. The molecule has 1 aliphatic heterocycles. The third-order valence-corrected chi connectivity index (χ3v) is 7.81. The minimum absolute atomic E-state index is 0.0662. The van der Waals surface area contributed by atoms with Gasteiger partial charge in [0.15, 0.2) is 0 Å². The number of likely N-dealkylation sites (tertiary alicyclic amines) is 1. The Hall–Kier alpha value is -2.50. The van der Waals surface area contributed by atoms with Gasteiger partial charge in [-0.15, -0.1) is 0 Å². The molecule has 0 bridgehead atoms. The van der Waals surface area contributed by atoms with E-state index in [1.54, 1.807) is 0 Å². The predicted octanol–water partition coefficient (Wildman–Crippen LogP) is 5.81. The molecule has 0 atom stereocenters. The second kappa shape index (κ2) is 10.3. The molecule has 37 heavy (non-hydrogen) atoms. The van der Waals surface area contributed by atoms with E-state index in [1.807, 2.05) is 44.0 Å². The van der Waals surface area contributed by atoms with Crippen LogP contribution in [0.15, 0.2) is 18.2 Å². The number of ether oxygens (including phenoxy) is 1. The lowest BCUT2D eigenvalue weighted by Gasteiger charge is -2.45. The molecule has 1 amide bonds. The first-order valence-corrected chi connectivity index (χ1v) is 12.1. The van der Waals surface area contributed by atoms with E-state index in [2.05, 4.69) is 4.74 Å². The minimum Gasteiger partial charge on any atom is -0.481 e. The van der Waals surface area contributed by atoms with Crippen molar-refractivity contribution in [2.45, 2.75) is 88.3 Å². The Labute approximate surface area is 211 Å². The van der Waals surface area contributed by atoms with Gasteiger partial charge in [-0.1, -0.05) is 36.6 Å². The lowest BCUT2D eigenvalue weighted by molar-refractivity contribution is -0.308. The highest BCUT2D eigenvalue weighted by Gasteiger charge is 2.60. The van der Waals surface area contributed by atoms with Crippen LogP contribution >= 0.6 is 0 Å². The summed E-state index contributed by atoms with van der Waals surface area (Å²) in [5.74, 6) is -0.834. The fourth-order valence-electron chi connectivity index (χ4n) is 5.35. The largest absolute Gasteiger partial charge is 0.481 e. The average molecular weight is 539 g/mol. The molecule has 1 aliphatic carbocycles. The van der Waals surface area contributed by atoms with E-state index in [9.17, 15) is 41.0 Å². The number of hydrogen-bond donors (Lipinski definition) is 1. The zero-order chi connectivity index (χ0) is 27.8. The van der Waals surface area contributed by atoms with Crippen LogP contribution in [0.1, 0.15) is 62.1 Å². The summed E-state index contributed by atoms with van der Waals surface area (Å²) in [6.07, 6.45) is -13.9. The number of hydrogen-bond acceptors (Lipinski definition) is 4. The molecule has 2 aliphatic rings. The number of amides is 1. The van der Waals surface area contributed by atoms with Crippen LogP contribution in [0, 0.1) is 6.92 Å². The molecule has 1 heterocycles. The maximum Gasteiger partial charge on any atom is 0.434 e. The molecule has 1 aromatic rings. The number of piperidine rings is 1. The SMILES string of the molecule is Cc1cc(CN(C)C2(C)CCN(C(=O)OC(C(F)(F)F)C(F)(F)F)CC2)cc(C2(C(=O)O)CCCC2)c1. The number of carboxylic acid groups (broad SMARTS) is 1. The molecule has 6 nitrogen and oxygen atoms in total. The summed E-state index contributed by atoms with van der Waals surface area (Å²) in [7, 11) is 1.85. The molecular formula is C25H32F6N2O4. The van der Waals surface area contributed by atoms with Gasteiger partial charge in [0.25, 0.3) is 6.10 Å². The van der Waals surface area contributed by atoms with Crippen molar-refractivity contribution in [3.05, 3.63) is 34.9 Å². The van der Waals surface area contributed by atoms with Crippen LogP contribution in [0.4, 0.5) is 31.1 Å². The second-order valence-corrected chi connectivity index (χ2v) is 10.5. The Morgan fingerprint density at radius 2 is 1.57 bits per heavy atom. The van der Waals surface area contributed by atoms with Gasteiger partial charge < -0.3 is 14.7 Å². The van der Waals surface area contributed by atoms with Crippen LogP contribution < -0.4 is 0 Å². The summed E-state index contributed by atoms with van der Waals surface area (Å²) < 4.78 is 80.3. The van der Waals surface area contributed by atoms with Crippen molar-refractivity contribution in [3.63, 3.8) is 0 Å². The Bertz CT molecular complexity index is 982. The van der Waals surface area contributed by atoms with Gasteiger partial charge >= 0.3 is 24.4 Å². The number of rotatable bonds is 6. The molecular weight excluding hydrogens is 506 g/mol. The van der Waals surface area contributed by atoms with Crippen molar-refractivity contribution in [3.8, 4) is 0 Å². The normalized spacial score (nSPS) is 19.9. The van der Waals surface area contributed by atoms with Crippen molar-refractivity contribution in [1.82, 2.24) is 9.80 Å². The summed E-state index contributed by atoms with van der Waals surface area (Å²) >= 11 is 0. The maximum absolute atomic E-state index is 12.7. The van der Waals surface area contributed by atoms with Gasteiger partial charge in [0.1, 0.15) is 0 Å². The van der Waals surface area contributed by atoms with Crippen molar-refractivity contribution in [1.29, 1.82) is 0 Å². The first-order valence-electron chi connectivity index (χ1n) is 12.1. The van der Waals surface area contributed by atoms with Gasteiger partial charge in [-0.3, -0.25) is 9.69 Å². The van der Waals surface area contributed by atoms with E-state index >= 15 is 0 Å². The van der Waals surface area contributed by atoms with Crippen molar-refractivity contribution < 1.29 is 45.8 Å². The number of carboxylic acids is 1. The third-order valence-electron chi connectivity index (χ3n) is 7.81. The molecule has 3 rings (SSSR count). The molecule has 0 unspecified atom stereocenters. The van der Waals surface area contributed by atoms with Gasteiger partial charge in [-0.25, -0.2) is 4.79 Å². The van der Waals surface area contributed by atoms with Gasteiger partial charge in [0.2, 0.25) is 0 Å². The molecule has 0 aromatic heterocycles. The highest BCUT2D eigenvalue weighted by Crippen LogP contribution is 2.42. The van der Waals surface area contributed by atoms with Gasteiger partial charge in [0.05, 0.1) is 5.41 Å². The van der Waals surface area contributed by atoms with Crippen LogP contribution in [0.3, 0.4) is 0 Å². The highest BCUT2D eigenvalue weighted by atomic mass is 19.4. The maximum atomic E-state index is 12.7. The average Bonchev–Trinajstić information content (AvgIpc) is 3.27. The number of carbonyl (C=O) groups excluding carboxylic acids is 1. The van der Waals surface area contributed by atoms with Gasteiger partial charge in [-0.05, 0) is 57.7 Å². The first kappa shape index (κ1) is 29.1. The van der Waals surface area contributed by atoms with E-state index in [0.717, 1.165) is 34.4 Å². The van der Waals surface area contributed by atoms with Crippen LogP contribution in [0.5, 0.6) is 0 Å². The summed E-state index contributed by atoms with van der Waals surface area (Å²) in [5, 5.41) is 9.96. The van der Waals surface area contributed by atoms with Crippen molar-refractivity contribution in [2.24, 2.45) is 0 Å². The Kier molecular flexibility index (Phi) is 8.12. The number of alkyl halides is 6. The first-order chi connectivity index (χ1) is 17.0. The van der Waals surface area contributed by atoms with E-state index < -0.39 is 41.5 Å². The van der Waals surface area contributed by atoms with Crippen LogP contribution in [0.2, 0.25) is 0 Å². The molecule has 1 N–H and O–H groups in total. The van der Waals surface area contributed by atoms with Crippen LogP contribution in [0.25, 0.3) is 0 Å². The highest BCUT2D eigenvalue weighted by molar-refractivity contribution is 5.82. The van der Waals surface area contributed by atoms with Gasteiger partial charge in [0, 0.05) is 25.2 Å². The van der Waals surface area contributed by atoms with Crippen LogP contribution in [-0.2, 0) is 21.5 Å². The quantitative estimate of drug-likeness (QED) is 0.463. The summed E-state index contributed by atoms with van der Waals surface area (Å²) in [6.45, 7) is 4.14. The number of carbonyl (C=O) groups is 2. The zero-order valence-electron chi connectivity index (χ0n) is 21.0. The Morgan fingerprint density at radius 3 is 2.05 bits per heavy atom. The van der Waals surface area contributed by atoms with Gasteiger partial charge in [-0.2, -0.15) is 26.3 Å². The topological polar surface area (TPSA) is 70.1 Å². The summed E-state index contributed by atoms with van der Waals surface area (Å²) in [6, 6.07) is 5.78. The standard InChI is InChI=1S/C25H32F6N2O4/c1-16-12-17(14-18(13-16)23(20(34)35)6-4-5-7-23)15-32(3)22(2)8-10-33(11-9-22)21(36)37-19(24(26,27)28)25(29,30)31/h12-14,19H,4-11,15H2,1-3H3,(H,34,35). The van der Waals surface area contributed by atoms with Crippen LogP contribution in [-0.4, -0.2) is 71.1 Å². The number of benzene rings is 1. The molecule has 1 aromatic carbocycles. The second-order valence-electron chi connectivity index (χ2n) is 10.5. The van der Waals surface area contributed by atoms with E-state index in [0.29, 0.717) is 32.2 Å². The van der Waals surface area contributed by atoms with Crippen molar-refractivity contribution >= 4 is 12.1 Å². The number of aliphatic carboxylic acids is 1. The Morgan fingerprint density at radius 1 is 1.03 bits per heavy atom. The fraction of sp³-hybridized carbons (Fsp3) is 0.680. The van der Waals surface area contributed by atoms with E-state index in [1.165, 1.54) is 0 Å². The molecule has 0 spiro atoms. The molecule has 2 fully saturated rings. The molecule has 0 radical (unpaired) electrons. The molecule has 12 heteroatoms. The monoisotopic (exact) mass is 538 g/mol. The summed E-state index contributed by atoms with van der Waals surface area (Å²) in [4.78, 5) is 27.1. The smallest absolute Gasteiger partial charge is 0.434 e. The number of halogens is 6. The molecule has 1 saturated carbocycles. The Balaban J connectivity index is 1.67. The lowest BCUT2D eigenvalue weighted by atomic mass is 9.77. The minimum atomic E-state index is -5.76. The zero-order valence-corrected chi connectivity index (χ0v) is 21.0. The third kappa shape index (κ3) is 6.32. The fourth-order valence-corrected chi connectivity index (χ4v) is 5.35. The van der Waals surface area contributed by atoms with E-state index in [-0.39, 0.29) is 13.1 Å². The molecule has 208 valence electrons. The molecule has 1 saturated heterocycles. The van der Waals surface area contributed by atoms with E-state index in [4.69, 9.17) is 0 Å².